The lowest BCUT2D eigenvalue weighted by Crippen LogP contribution is -2.58. The van der Waals surface area contributed by atoms with Crippen LogP contribution < -0.4 is 5.32 Å². The first-order valence-electron chi connectivity index (χ1n) is 5.29. The van der Waals surface area contributed by atoms with Crippen LogP contribution >= 0.6 is 0 Å². The van der Waals surface area contributed by atoms with Crippen molar-refractivity contribution in [3.8, 4) is 0 Å². The zero-order valence-electron chi connectivity index (χ0n) is 9.46. The highest BCUT2D eigenvalue weighted by Gasteiger charge is 2.38. The Kier molecular flexibility index (Phi) is 2.74. The molecule has 1 atom stereocenters. The molecule has 88 valence electrons. The van der Waals surface area contributed by atoms with Crippen molar-refractivity contribution in [3.63, 3.8) is 0 Å². The van der Waals surface area contributed by atoms with Crippen molar-refractivity contribution in [2.75, 3.05) is 13.2 Å². The maximum Gasteiger partial charge on any atom is 0.205 e. The van der Waals surface area contributed by atoms with Crippen LogP contribution in [0.5, 0.6) is 0 Å². The summed E-state index contributed by atoms with van der Waals surface area (Å²) in [5.41, 5.74) is 0.273. The van der Waals surface area contributed by atoms with Crippen LogP contribution in [0.25, 0.3) is 0 Å². The van der Waals surface area contributed by atoms with Crippen LogP contribution in [0.4, 0.5) is 4.39 Å². The lowest BCUT2D eigenvalue weighted by Gasteiger charge is -2.41. The molecule has 0 spiro atoms. The fraction of sp³-hybridized carbons (Fsp3) is 0.500. The minimum absolute atomic E-state index is 0.167. The Bertz CT molecular complexity index is 382. The van der Waals surface area contributed by atoms with Crippen molar-refractivity contribution in [1.82, 2.24) is 5.32 Å². The van der Waals surface area contributed by atoms with Gasteiger partial charge in [-0.15, -0.1) is 0 Å². The van der Waals surface area contributed by atoms with Crippen molar-refractivity contribution in [2.45, 2.75) is 25.2 Å². The molecule has 1 fully saturated rings. The summed E-state index contributed by atoms with van der Waals surface area (Å²) in [5.74, 6) is -1.81. The minimum atomic E-state index is -1.43. The number of aliphatic hydroxyl groups is 1. The van der Waals surface area contributed by atoms with E-state index in [2.05, 4.69) is 5.32 Å². The summed E-state index contributed by atoms with van der Waals surface area (Å²) < 4.78 is 18.5. The average molecular weight is 225 g/mol. The molecule has 0 amide bonds. The Balaban J connectivity index is 2.21. The molecule has 1 aromatic carbocycles. The van der Waals surface area contributed by atoms with Crippen LogP contribution in [-0.4, -0.2) is 23.8 Å². The van der Waals surface area contributed by atoms with Gasteiger partial charge in [0.25, 0.3) is 0 Å². The van der Waals surface area contributed by atoms with E-state index in [1.807, 2.05) is 13.8 Å². The Labute approximate surface area is 94.2 Å². The van der Waals surface area contributed by atoms with E-state index in [1.54, 1.807) is 12.1 Å². The van der Waals surface area contributed by atoms with Gasteiger partial charge < -0.3 is 15.2 Å². The number of hydrogen-bond acceptors (Lipinski definition) is 3. The highest BCUT2D eigenvalue weighted by molar-refractivity contribution is 5.22. The molecular weight excluding hydrogens is 209 g/mol. The summed E-state index contributed by atoms with van der Waals surface area (Å²) >= 11 is 0. The van der Waals surface area contributed by atoms with E-state index < -0.39 is 5.79 Å². The highest BCUT2D eigenvalue weighted by Crippen LogP contribution is 2.28. The molecule has 2 rings (SSSR count). The first-order chi connectivity index (χ1) is 7.41. The van der Waals surface area contributed by atoms with Crippen LogP contribution in [0.3, 0.4) is 0 Å². The number of benzene rings is 1. The van der Waals surface area contributed by atoms with Crippen molar-refractivity contribution in [2.24, 2.45) is 0 Å². The maximum atomic E-state index is 13.1. The largest absolute Gasteiger partial charge is 0.361 e. The van der Waals surface area contributed by atoms with Gasteiger partial charge in [0.05, 0.1) is 13.2 Å². The van der Waals surface area contributed by atoms with Crippen molar-refractivity contribution in [3.05, 3.63) is 35.6 Å². The Morgan fingerprint density at radius 3 is 2.75 bits per heavy atom. The summed E-state index contributed by atoms with van der Waals surface area (Å²) in [7, 11) is 0. The quantitative estimate of drug-likeness (QED) is 0.758. The van der Waals surface area contributed by atoms with Crippen LogP contribution in [0.2, 0.25) is 0 Å². The fourth-order valence-corrected chi connectivity index (χ4v) is 1.68. The predicted molar refractivity (Wildman–Crippen MR) is 58.3 cm³/mol. The molecule has 1 aromatic rings. The van der Waals surface area contributed by atoms with Gasteiger partial charge in [-0.3, -0.25) is 0 Å². The zero-order chi connectivity index (χ0) is 11.8. The summed E-state index contributed by atoms with van der Waals surface area (Å²) in [6.45, 7) is 4.60. The summed E-state index contributed by atoms with van der Waals surface area (Å²) in [6, 6.07) is 5.85. The molecule has 1 saturated heterocycles. The first kappa shape index (κ1) is 11.5. The van der Waals surface area contributed by atoms with Crippen molar-refractivity contribution in [1.29, 1.82) is 0 Å². The molecule has 0 radical (unpaired) electrons. The molecule has 0 bridgehead atoms. The third-order valence-corrected chi connectivity index (χ3v) is 2.75. The van der Waals surface area contributed by atoms with Crippen LogP contribution in [0, 0.1) is 5.82 Å². The van der Waals surface area contributed by atoms with Gasteiger partial charge >= 0.3 is 0 Å². The maximum absolute atomic E-state index is 13.1. The third kappa shape index (κ3) is 2.24. The normalized spacial score (nSPS) is 29.0. The first-order valence-corrected chi connectivity index (χ1v) is 5.29. The molecule has 4 heteroatoms. The number of halogens is 1. The molecule has 1 aliphatic rings. The van der Waals surface area contributed by atoms with Crippen molar-refractivity contribution < 1.29 is 14.2 Å². The van der Waals surface area contributed by atoms with E-state index in [0.29, 0.717) is 12.2 Å². The zero-order valence-corrected chi connectivity index (χ0v) is 9.46. The second kappa shape index (κ2) is 3.80. The highest BCUT2D eigenvalue weighted by atomic mass is 19.1. The van der Waals surface area contributed by atoms with E-state index in [0.717, 1.165) is 0 Å². The molecule has 1 unspecified atom stereocenters. The SMILES string of the molecule is CC1(C)COC(O)(c2cccc(F)c2)CN1. The molecular formula is C12H16FNO2. The predicted octanol–water partition coefficient (Wildman–Crippen LogP) is 1.37. The number of morpholine rings is 1. The topological polar surface area (TPSA) is 41.5 Å². The lowest BCUT2D eigenvalue weighted by molar-refractivity contribution is -0.241. The lowest BCUT2D eigenvalue weighted by atomic mass is 9.99. The molecule has 0 saturated carbocycles. The molecule has 1 heterocycles. The molecule has 2 N–H and O–H groups in total. The monoisotopic (exact) mass is 225 g/mol. The van der Waals surface area contributed by atoms with Gasteiger partial charge in [0, 0.05) is 11.1 Å². The van der Waals surface area contributed by atoms with Gasteiger partial charge in [-0.05, 0) is 26.0 Å². The number of β-amino-alcohol motifs (C(OH)–C–C–N with tert-alkyl or cyclic N) is 1. The molecule has 16 heavy (non-hydrogen) atoms. The number of hydrogen-bond donors (Lipinski definition) is 2. The minimum Gasteiger partial charge on any atom is -0.361 e. The molecule has 1 aliphatic heterocycles. The van der Waals surface area contributed by atoms with Gasteiger partial charge in [0.1, 0.15) is 5.82 Å². The molecule has 3 nitrogen and oxygen atoms in total. The second-order valence-electron chi connectivity index (χ2n) is 4.82. The van der Waals surface area contributed by atoms with Crippen LogP contribution in [0.1, 0.15) is 19.4 Å². The Morgan fingerprint density at radius 1 is 1.44 bits per heavy atom. The molecule has 0 aliphatic carbocycles. The Morgan fingerprint density at radius 2 is 2.19 bits per heavy atom. The van der Waals surface area contributed by atoms with E-state index >= 15 is 0 Å². The van der Waals surface area contributed by atoms with Gasteiger partial charge in [-0.2, -0.15) is 0 Å². The standard InChI is InChI=1S/C12H16FNO2/c1-11(2)8-16-12(15,7-14-11)9-4-3-5-10(13)6-9/h3-6,14-15H,7-8H2,1-2H3. The summed E-state index contributed by atoms with van der Waals surface area (Å²) in [4.78, 5) is 0. The van der Waals surface area contributed by atoms with Crippen molar-refractivity contribution >= 4 is 0 Å². The second-order valence-corrected chi connectivity index (χ2v) is 4.82. The third-order valence-electron chi connectivity index (χ3n) is 2.75. The summed E-state index contributed by atoms with van der Waals surface area (Å²) in [6.07, 6.45) is 0. The van der Waals surface area contributed by atoms with E-state index in [4.69, 9.17) is 4.74 Å². The van der Waals surface area contributed by atoms with E-state index in [1.165, 1.54) is 12.1 Å². The van der Waals surface area contributed by atoms with Gasteiger partial charge in [-0.1, -0.05) is 12.1 Å². The Hall–Kier alpha value is -0.970. The average Bonchev–Trinajstić information content (AvgIpc) is 2.23. The smallest absolute Gasteiger partial charge is 0.205 e. The van der Waals surface area contributed by atoms with E-state index in [-0.39, 0.29) is 17.9 Å². The van der Waals surface area contributed by atoms with Gasteiger partial charge in [0.15, 0.2) is 0 Å². The fourth-order valence-electron chi connectivity index (χ4n) is 1.68. The molecule has 0 aromatic heterocycles. The number of nitrogens with one attached hydrogen (secondary N) is 1. The number of rotatable bonds is 1. The summed E-state index contributed by atoms with van der Waals surface area (Å²) in [5, 5.41) is 13.4. The van der Waals surface area contributed by atoms with E-state index in [9.17, 15) is 9.50 Å². The van der Waals surface area contributed by atoms with Gasteiger partial charge in [0.2, 0.25) is 5.79 Å². The number of ether oxygens (including phenoxy) is 1. The van der Waals surface area contributed by atoms with Gasteiger partial charge in [-0.25, -0.2) is 4.39 Å². The van der Waals surface area contributed by atoms with Crippen LogP contribution in [-0.2, 0) is 10.5 Å². The van der Waals surface area contributed by atoms with Crippen LogP contribution in [0.15, 0.2) is 24.3 Å².